The monoisotopic (exact) mass is 367 g/mol. The van der Waals surface area contributed by atoms with Gasteiger partial charge in [-0.25, -0.2) is 8.42 Å². The zero-order valence-corrected chi connectivity index (χ0v) is 15.1. The van der Waals surface area contributed by atoms with E-state index in [0.717, 1.165) is 11.8 Å². The minimum Gasteiger partial charge on any atom is -0.496 e. The highest BCUT2D eigenvalue weighted by atomic mass is 35.5. The summed E-state index contributed by atoms with van der Waals surface area (Å²) in [6.45, 7) is 1.82. The van der Waals surface area contributed by atoms with Gasteiger partial charge < -0.3 is 10.1 Å². The van der Waals surface area contributed by atoms with Gasteiger partial charge in [-0.3, -0.25) is 4.79 Å². The van der Waals surface area contributed by atoms with Crippen LogP contribution in [0.4, 0.5) is 0 Å². The molecule has 0 spiro atoms. The summed E-state index contributed by atoms with van der Waals surface area (Å²) >= 11 is 5.90. The van der Waals surface area contributed by atoms with Crippen LogP contribution in [-0.4, -0.2) is 27.7 Å². The van der Waals surface area contributed by atoms with Crippen molar-refractivity contribution >= 4 is 27.3 Å². The number of benzene rings is 2. The van der Waals surface area contributed by atoms with Gasteiger partial charge in [0.2, 0.25) is 0 Å². The van der Waals surface area contributed by atoms with Crippen LogP contribution in [0.25, 0.3) is 0 Å². The number of nitrogens with one attached hydrogen (secondary N) is 1. The van der Waals surface area contributed by atoms with E-state index in [1.165, 1.54) is 18.2 Å². The van der Waals surface area contributed by atoms with Gasteiger partial charge in [0, 0.05) is 17.4 Å². The van der Waals surface area contributed by atoms with Crippen LogP contribution in [0.5, 0.6) is 5.75 Å². The Hall–Kier alpha value is -2.05. The van der Waals surface area contributed by atoms with Crippen LogP contribution in [0, 0.1) is 0 Å². The van der Waals surface area contributed by atoms with Crippen molar-refractivity contribution < 1.29 is 17.9 Å². The normalized spacial score (nSPS) is 12.5. The number of amides is 1. The van der Waals surface area contributed by atoms with Crippen molar-refractivity contribution in [3.05, 3.63) is 58.6 Å². The molecule has 0 saturated heterocycles. The zero-order chi connectivity index (χ0) is 17.9. The molecule has 0 aliphatic rings. The van der Waals surface area contributed by atoms with E-state index < -0.39 is 15.7 Å². The minimum atomic E-state index is -3.51. The molecule has 2 rings (SSSR count). The number of carbonyl (C=O) groups is 1. The molecule has 24 heavy (non-hydrogen) atoms. The summed E-state index contributed by atoms with van der Waals surface area (Å²) < 4.78 is 28.7. The van der Waals surface area contributed by atoms with E-state index in [0.29, 0.717) is 5.75 Å². The molecule has 0 aromatic heterocycles. The van der Waals surface area contributed by atoms with Crippen LogP contribution in [0.15, 0.2) is 47.4 Å². The highest BCUT2D eigenvalue weighted by molar-refractivity contribution is 7.90. The van der Waals surface area contributed by atoms with Crippen LogP contribution < -0.4 is 10.1 Å². The van der Waals surface area contributed by atoms with Gasteiger partial charge in [0.05, 0.1) is 23.1 Å². The van der Waals surface area contributed by atoms with Gasteiger partial charge in [0.25, 0.3) is 5.91 Å². The lowest BCUT2D eigenvalue weighted by Gasteiger charge is -2.17. The molecule has 0 aliphatic carbocycles. The molecular formula is C17H18ClNO4S. The molecule has 128 valence electrons. The molecule has 0 aliphatic heterocycles. The molecule has 0 fully saturated rings. The summed E-state index contributed by atoms with van der Waals surface area (Å²) in [5, 5.41) is 2.92. The lowest BCUT2D eigenvalue weighted by molar-refractivity contribution is 0.0939. The fourth-order valence-corrected chi connectivity index (χ4v) is 3.61. The maximum absolute atomic E-state index is 12.4. The fourth-order valence-electron chi connectivity index (χ4n) is 2.31. The lowest BCUT2D eigenvalue weighted by atomic mass is 10.1. The highest BCUT2D eigenvalue weighted by Crippen LogP contribution is 2.26. The molecule has 7 heteroatoms. The summed E-state index contributed by atoms with van der Waals surface area (Å²) in [7, 11) is -1.95. The molecule has 1 unspecified atom stereocenters. The maximum atomic E-state index is 12.4. The summed E-state index contributed by atoms with van der Waals surface area (Å²) in [6, 6.07) is 11.2. The molecule has 2 aromatic carbocycles. The van der Waals surface area contributed by atoms with Gasteiger partial charge in [-0.2, -0.15) is 0 Å². The molecule has 0 radical (unpaired) electrons. The first kappa shape index (κ1) is 18.3. The number of para-hydroxylation sites is 1. The first-order valence-corrected chi connectivity index (χ1v) is 9.44. The second-order valence-corrected chi connectivity index (χ2v) is 7.75. The van der Waals surface area contributed by atoms with Gasteiger partial charge in [0.15, 0.2) is 9.84 Å². The standard InChI is InChI=1S/C17H18ClNO4S/c1-11(13-6-4-5-7-15(13)23-2)19-17(20)12-8-9-14(18)16(10-12)24(3,21)22/h4-11H,1-3H3,(H,19,20). The zero-order valence-electron chi connectivity index (χ0n) is 13.5. The molecular weight excluding hydrogens is 350 g/mol. The van der Waals surface area contributed by atoms with E-state index >= 15 is 0 Å². The van der Waals surface area contributed by atoms with E-state index in [1.807, 2.05) is 31.2 Å². The predicted molar refractivity (Wildman–Crippen MR) is 93.4 cm³/mol. The van der Waals surface area contributed by atoms with Crippen LogP contribution >= 0.6 is 11.6 Å². The summed E-state index contributed by atoms with van der Waals surface area (Å²) in [6.07, 6.45) is 1.05. The molecule has 2 aromatic rings. The third-order valence-electron chi connectivity index (χ3n) is 3.55. The number of hydrogen-bond donors (Lipinski definition) is 1. The number of methoxy groups -OCH3 is 1. The second kappa shape index (κ2) is 7.23. The Labute approximate surface area is 146 Å². The molecule has 1 N–H and O–H groups in total. The van der Waals surface area contributed by atoms with E-state index in [9.17, 15) is 13.2 Å². The third kappa shape index (κ3) is 4.07. The topological polar surface area (TPSA) is 72.5 Å². The van der Waals surface area contributed by atoms with Crippen LogP contribution in [0.2, 0.25) is 5.02 Å². The van der Waals surface area contributed by atoms with Crippen LogP contribution in [0.1, 0.15) is 28.9 Å². The van der Waals surface area contributed by atoms with Crippen LogP contribution in [-0.2, 0) is 9.84 Å². The van der Waals surface area contributed by atoms with Gasteiger partial charge >= 0.3 is 0 Å². The average Bonchev–Trinajstić information content (AvgIpc) is 2.53. The van der Waals surface area contributed by atoms with E-state index in [-0.39, 0.29) is 21.5 Å². The van der Waals surface area contributed by atoms with Crippen molar-refractivity contribution in [2.24, 2.45) is 0 Å². The first-order chi connectivity index (χ1) is 11.2. The summed E-state index contributed by atoms with van der Waals surface area (Å²) in [5.74, 6) is 0.271. The predicted octanol–water partition coefficient (Wildman–Crippen LogP) is 3.24. The van der Waals surface area contributed by atoms with Crippen molar-refractivity contribution in [3.8, 4) is 5.75 Å². The van der Waals surface area contributed by atoms with Crippen LogP contribution in [0.3, 0.4) is 0 Å². The third-order valence-corrected chi connectivity index (χ3v) is 5.12. The number of rotatable bonds is 5. The summed E-state index contributed by atoms with van der Waals surface area (Å²) in [4.78, 5) is 12.4. The van der Waals surface area contributed by atoms with Crippen molar-refractivity contribution in [2.75, 3.05) is 13.4 Å². The maximum Gasteiger partial charge on any atom is 0.251 e. The van der Waals surface area contributed by atoms with E-state index in [2.05, 4.69) is 5.32 Å². The lowest BCUT2D eigenvalue weighted by Crippen LogP contribution is -2.27. The fraction of sp³-hybridized carbons (Fsp3) is 0.235. The molecule has 0 heterocycles. The Morgan fingerprint density at radius 2 is 1.88 bits per heavy atom. The Balaban J connectivity index is 2.27. The van der Waals surface area contributed by atoms with Crippen molar-refractivity contribution in [2.45, 2.75) is 17.9 Å². The number of hydrogen-bond acceptors (Lipinski definition) is 4. The Morgan fingerprint density at radius 1 is 1.21 bits per heavy atom. The summed E-state index contributed by atoms with van der Waals surface area (Å²) in [5.41, 5.74) is 1.05. The van der Waals surface area contributed by atoms with E-state index in [4.69, 9.17) is 16.3 Å². The SMILES string of the molecule is COc1ccccc1C(C)NC(=O)c1ccc(Cl)c(S(C)(=O)=O)c1. The van der Waals surface area contributed by atoms with Gasteiger partial charge in [-0.05, 0) is 31.2 Å². The number of carbonyl (C=O) groups excluding carboxylic acids is 1. The number of sulfone groups is 1. The molecule has 1 amide bonds. The minimum absolute atomic E-state index is 0.0678. The second-order valence-electron chi connectivity index (χ2n) is 5.35. The van der Waals surface area contributed by atoms with E-state index in [1.54, 1.807) is 7.11 Å². The Bertz CT molecular complexity index is 865. The van der Waals surface area contributed by atoms with Gasteiger partial charge in [-0.1, -0.05) is 29.8 Å². The Kier molecular flexibility index (Phi) is 5.51. The van der Waals surface area contributed by atoms with Gasteiger partial charge in [0.1, 0.15) is 5.75 Å². The molecule has 0 saturated carbocycles. The molecule has 1 atom stereocenters. The quantitative estimate of drug-likeness (QED) is 0.880. The van der Waals surface area contributed by atoms with Gasteiger partial charge in [-0.15, -0.1) is 0 Å². The Morgan fingerprint density at radius 3 is 2.50 bits per heavy atom. The largest absolute Gasteiger partial charge is 0.496 e. The molecule has 5 nitrogen and oxygen atoms in total. The molecule has 0 bridgehead atoms. The number of ether oxygens (including phenoxy) is 1. The number of halogens is 1. The van der Waals surface area contributed by atoms with Crippen molar-refractivity contribution in [1.29, 1.82) is 0 Å². The average molecular weight is 368 g/mol. The van der Waals surface area contributed by atoms with Crippen molar-refractivity contribution in [3.63, 3.8) is 0 Å². The highest BCUT2D eigenvalue weighted by Gasteiger charge is 2.18. The van der Waals surface area contributed by atoms with Crippen molar-refractivity contribution in [1.82, 2.24) is 5.32 Å². The first-order valence-electron chi connectivity index (χ1n) is 7.17. The smallest absolute Gasteiger partial charge is 0.251 e.